The molecule has 1 amide bonds. The zero-order valence-corrected chi connectivity index (χ0v) is 8.37. The SMILES string of the molecule is COP(=O)(NCCOC(N)=O)OC. The van der Waals surface area contributed by atoms with Crippen LogP contribution in [0.15, 0.2) is 0 Å². The molecule has 0 bridgehead atoms. The van der Waals surface area contributed by atoms with Crippen molar-refractivity contribution < 1.29 is 23.1 Å². The van der Waals surface area contributed by atoms with E-state index in [2.05, 4.69) is 24.6 Å². The van der Waals surface area contributed by atoms with Crippen LogP contribution in [0.1, 0.15) is 0 Å². The molecule has 0 aliphatic carbocycles. The Morgan fingerprint density at radius 1 is 1.46 bits per heavy atom. The highest BCUT2D eigenvalue weighted by atomic mass is 31.2. The Morgan fingerprint density at radius 3 is 2.38 bits per heavy atom. The summed E-state index contributed by atoms with van der Waals surface area (Å²) in [4.78, 5) is 10.1. The van der Waals surface area contributed by atoms with Gasteiger partial charge in [-0.2, -0.15) is 0 Å². The standard InChI is InChI=1S/C5H13N2O5P/c1-10-13(9,11-2)7-3-4-12-5(6)8/h3-4H2,1-2H3,(H2,6,8)(H,7,9). The zero-order chi connectivity index (χ0) is 10.3. The molecule has 0 saturated carbocycles. The van der Waals surface area contributed by atoms with Gasteiger partial charge >= 0.3 is 13.8 Å². The minimum absolute atomic E-state index is 0.00600. The molecule has 0 rings (SSSR count). The molecule has 78 valence electrons. The van der Waals surface area contributed by atoms with Gasteiger partial charge < -0.3 is 19.5 Å². The number of rotatable bonds is 6. The molecule has 0 aromatic rings. The van der Waals surface area contributed by atoms with Crippen LogP contribution in [-0.4, -0.2) is 33.5 Å². The summed E-state index contributed by atoms with van der Waals surface area (Å²) in [5.74, 6) is 0. The number of nitrogens with two attached hydrogens (primary N) is 1. The molecule has 0 aromatic heterocycles. The van der Waals surface area contributed by atoms with Gasteiger partial charge in [-0.1, -0.05) is 0 Å². The van der Waals surface area contributed by atoms with E-state index >= 15 is 0 Å². The Labute approximate surface area is 76.1 Å². The summed E-state index contributed by atoms with van der Waals surface area (Å²) in [6.45, 7) is 0.147. The number of carbonyl (C=O) groups is 1. The topological polar surface area (TPSA) is 99.9 Å². The van der Waals surface area contributed by atoms with Gasteiger partial charge in [0.15, 0.2) is 0 Å². The van der Waals surface area contributed by atoms with Gasteiger partial charge in [-0.3, -0.25) is 0 Å². The molecular weight excluding hydrogens is 199 g/mol. The predicted molar refractivity (Wildman–Crippen MR) is 45.2 cm³/mol. The Hall–Kier alpha value is -0.620. The molecule has 0 aromatic carbocycles. The maximum Gasteiger partial charge on any atom is 0.405 e. The molecule has 0 saturated heterocycles. The summed E-state index contributed by atoms with van der Waals surface area (Å²) in [6, 6.07) is 0. The van der Waals surface area contributed by atoms with Gasteiger partial charge in [-0.05, 0) is 0 Å². The number of primary amides is 1. The van der Waals surface area contributed by atoms with Gasteiger partial charge in [0.25, 0.3) is 0 Å². The second-order valence-electron chi connectivity index (χ2n) is 1.94. The third kappa shape index (κ3) is 5.59. The minimum Gasteiger partial charge on any atom is -0.448 e. The van der Waals surface area contributed by atoms with Crippen molar-refractivity contribution in [3.05, 3.63) is 0 Å². The van der Waals surface area contributed by atoms with Crippen LogP contribution in [0.4, 0.5) is 4.79 Å². The first-order valence-electron chi connectivity index (χ1n) is 3.43. The molecule has 13 heavy (non-hydrogen) atoms. The molecule has 7 nitrogen and oxygen atoms in total. The molecule has 0 aliphatic heterocycles. The lowest BCUT2D eigenvalue weighted by atomic mass is 10.7. The molecule has 0 atom stereocenters. The van der Waals surface area contributed by atoms with Crippen LogP contribution in [0.3, 0.4) is 0 Å². The first-order chi connectivity index (χ1) is 6.04. The number of amides is 1. The zero-order valence-electron chi connectivity index (χ0n) is 7.48. The van der Waals surface area contributed by atoms with E-state index in [0.29, 0.717) is 0 Å². The Balaban J connectivity index is 3.62. The third-order valence-electron chi connectivity index (χ3n) is 1.13. The molecule has 0 heterocycles. The summed E-state index contributed by atoms with van der Waals surface area (Å²) in [5.41, 5.74) is 4.69. The first kappa shape index (κ1) is 12.4. The van der Waals surface area contributed by atoms with Crippen LogP contribution in [0.25, 0.3) is 0 Å². The number of nitrogens with one attached hydrogen (secondary N) is 1. The second-order valence-corrected chi connectivity index (χ2v) is 3.98. The van der Waals surface area contributed by atoms with Crippen molar-refractivity contribution in [2.24, 2.45) is 5.73 Å². The van der Waals surface area contributed by atoms with Crippen LogP contribution in [0.2, 0.25) is 0 Å². The molecule has 8 heteroatoms. The fourth-order valence-corrected chi connectivity index (χ4v) is 1.31. The van der Waals surface area contributed by atoms with Gasteiger partial charge in [0.1, 0.15) is 6.61 Å². The number of hydrogen-bond acceptors (Lipinski definition) is 5. The van der Waals surface area contributed by atoms with Crippen LogP contribution in [-0.2, 0) is 18.3 Å². The fourth-order valence-electron chi connectivity index (χ4n) is 0.538. The third-order valence-corrected chi connectivity index (χ3v) is 2.70. The van der Waals surface area contributed by atoms with Crippen LogP contribution >= 0.6 is 7.75 Å². The van der Waals surface area contributed by atoms with E-state index in [1.807, 2.05) is 0 Å². The average molecular weight is 212 g/mol. The van der Waals surface area contributed by atoms with E-state index in [1.54, 1.807) is 0 Å². The van der Waals surface area contributed by atoms with Crippen LogP contribution in [0, 0.1) is 0 Å². The summed E-state index contributed by atoms with van der Waals surface area (Å²) < 4.78 is 24.7. The first-order valence-corrected chi connectivity index (χ1v) is 4.97. The van der Waals surface area contributed by atoms with Crippen molar-refractivity contribution in [1.82, 2.24) is 5.09 Å². The second kappa shape index (κ2) is 5.93. The summed E-state index contributed by atoms with van der Waals surface area (Å²) in [6.07, 6.45) is -0.883. The average Bonchev–Trinajstić information content (AvgIpc) is 2.12. The largest absolute Gasteiger partial charge is 0.448 e. The van der Waals surface area contributed by atoms with E-state index in [-0.39, 0.29) is 13.2 Å². The Bertz CT molecular complexity index is 201. The van der Waals surface area contributed by atoms with Gasteiger partial charge in [0, 0.05) is 20.8 Å². The van der Waals surface area contributed by atoms with E-state index in [0.717, 1.165) is 0 Å². The quantitative estimate of drug-likeness (QED) is 0.477. The minimum atomic E-state index is -3.22. The highest BCUT2D eigenvalue weighted by Gasteiger charge is 2.19. The van der Waals surface area contributed by atoms with Gasteiger partial charge in [0.2, 0.25) is 0 Å². The molecule has 0 aliphatic rings. The van der Waals surface area contributed by atoms with E-state index in [1.165, 1.54) is 14.2 Å². The lowest BCUT2D eigenvalue weighted by Gasteiger charge is -2.13. The van der Waals surface area contributed by atoms with Crippen LogP contribution in [0.5, 0.6) is 0 Å². The molecule has 0 radical (unpaired) electrons. The normalized spacial score (nSPS) is 11.2. The molecule has 0 fully saturated rings. The highest BCUT2D eigenvalue weighted by Crippen LogP contribution is 2.40. The van der Waals surface area contributed by atoms with Crippen LogP contribution < -0.4 is 10.8 Å². The summed E-state index contributed by atoms with van der Waals surface area (Å²) in [5, 5.41) is 2.43. The van der Waals surface area contributed by atoms with Gasteiger partial charge in [-0.25, -0.2) is 14.4 Å². The van der Waals surface area contributed by atoms with Crippen molar-refractivity contribution in [3.63, 3.8) is 0 Å². The van der Waals surface area contributed by atoms with Gasteiger partial charge in [0.05, 0.1) is 0 Å². The lowest BCUT2D eigenvalue weighted by Crippen LogP contribution is -2.22. The van der Waals surface area contributed by atoms with Crippen molar-refractivity contribution in [2.45, 2.75) is 0 Å². The number of carbonyl (C=O) groups excluding carboxylic acids is 1. The van der Waals surface area contributed by atoms with Crippen molar-refractivity contribution in [3.8, 4) is 0 Å². The Kier molecular flexibility index (Phi) is 5.65. The maximum absolute atomic E-state index is 11.3. The fraction of sp³-hybridized carbons (Fsp3) is 0.800. The maximum atomic E-state index is 11.3. The molecule has 0 spiro atoms. The van der Waals surface area contributed by atoms with Gasteiger partial charge in [-0.15, -0.1) is 0 Å². The van der Waals surface area contributed by atoms with Crippen molar-refractivity contribution >= 4 is 13.8 Å². The van der Waals surface area contributed by atoms with Crippen molar-refractivity contribution in [2.75, 3.05) is 27.4 Å². The van der Waals surface area contributed by atoms with E-state index in [4.69, 9.17) is 0 Å². The lowest BCUT2D eigenvalue weighted by molar-refractivity contribution is 0.157. The number of hydrogen-bond donors (Lipinski definition) is 2. The smallest absolute Gasteiger partial charge is 0.405 e. The summed E-state index contributed by atoms with van der Waals surface area (Å²) in [7, 11) is -0.739. The predicted octanol–water partition coefficient (Wildman–Crippen LogP) is 0.0722. The van der Waals surface area contributed by atoms with Crippen molar-refractivity contribution in [1.29, 1.82) is 0 Å². The Morgan fingerprint density at radius 2 is 2.00 bits per heavy atom. The number of ether oxygens (including phenoxy) is 1. The monoisotopic (exact) mass is 212 g/mol. The molecular formula is C5H13N2O5P. The summed E-state index contributed by atoms with van der Waals surface area (Å²) >= 11 is 0. The highest BCUT2D eigenvalue weighted by molar-refractivity contribution is 7.51. The molecule has 3 N–H and O–H groups in total. The van der Waals surface area contributed by atoms with E-state index < -0.39 is 13.8 Å². The van der Waals surface area contributed by atoms with E-state index in [9.17, 15) is 9.36 Å². The molecule has 0 unspecified atom stereocenters.